The highest BCUT2D eigenvalue weighted by molar-refractivity contribution is 5.92. The first-order valence-electron chi connectivity index (χ1n) is 5.91. The fraction of sp³-hybridized carbons (Fsp3) is 0.231. The molecular weight excluding hydrogens is 268 g/mol. The van der Waals surface area contributed by atoms with Gasteiger partial charge in [-0.3, -0.25) is 4.57 Å². The maximum Gasteiger partial charge on any atom is 0.360 e. The molecule has 0 radical (unpaired) electrons. The molecule has 20 heavy (non-hydrogen) atoms. The van der Waals surface area contributed by atoms with Gasteiger partial charge in [0, 0.05) is 6.07 Å². The Kier molecular flexibility index (Phi) is 3.69. The number of anilines is 1. The van der Waals surface area contributed by atoms with Gasteiger partial charge in [0.1, 0.15) is 23.8 Å². The number of hydrogen-bond acceptors (Lipinski definition) is 4. The molecular formula is C13H13F2N3O2. The Morgan fingerprint density at radius 1 is 1.40 bits per heavy atom. The summed E-state index contributed by atoms with van der Waals surface area (Å²) in [7, 11) is 0. The van der Waals surface area contributed by atoms with Gasteiger partial charge < -0.3 is 10.5 Å². The van der Waals surface area contributed by atoms with Crippen LogP contribution in [0.1, 0.15) is 23.0 Å². The van der Waals surface area contributed by atoms with Gasteiger partial charge in [0.15, 0.2) is 5.69 Å². The summed E-state index contributed by atoms with van der Waals surface area (Å²) >= 11 is 0. The first-order chi connectivity index (χ1) is 9.45. The summed E-state index contributed by atoms with van der Waals surface area (Å²) in [6.45, 7) is 3.25. The van der Waals surface area contributed by atoms with Crippen molar-refractivity contribution in [3.63, 3.8) is 0 Å². The van der Waals surface area contributed by atoms with E-state index >= 15 is 0 Å². The highest BCUT2D eigenvalue weighted by atomic mass is 19.1. The molecule has 0 fully saturated rings. The standard InChI is InChI=1S/C13H13F2N3O2/c1-3-20-13(19)11-12(16)18(6-17-11)10-5-8(14)7(2)4-9(10)15/h4-6H,3,16H2,1-2H3. The predicted octanol–water partition coefficient (Wildman–Crippen LogP) is 2.22. The number of aryl methyl sites for hydroxylation is 1. The average Bonchev–Trinajstić information content (AvgIpc) is 2.76. The molecule has 0 spiro atoms. The molecule has 0 saturated heterocycles. The molecule has 1 heterocycles. The van der Waals surface area contributed by atoms with Gasteiger partial charge in [-0.05, 0) is 25.5 Å². The van der Waals surface area contributed by atoms with Crippen molar-refractivity contribution in [2.45, 2.75) is 13.8 Å². The molecule has 7 heteroatoms. The Morgan fingerprint density at radius 2 is 2.10 bits per heavy atom. The molecule has 0 saturated carbocycles. The Balaban J connectivity index is 2.50. The molecule has 2 aromatic rings. The number of nitrogens with zero attached hydrogens (tertiary/aromatic N) is 2. The van der Waals surface area contributed by atoms with E-state index < -0.39 is 17.6 Å². The largest absolute Gasteiger partial charge is 0.461 e. The minimum Gasteiger partial charge on any atom is -0.461 e. The SMILES string of the molecule is CCOC(=O)c1ncn(-c2cc(F)c(C)cc2F)c1N. The average molecular weight is 281 g/mol. The molecule has 1 aromatic heterocycles. The smallest absolute Gasteiger partial charge is 0.360 e. The molecule has 0 aliphatic carbocycles. The number of imidazole rings is 1. The van der Waals surface area contributed by atoms with E-state index in [1.165, 1.54) is 6.92 Å². The second-order valence-corrected chi connectivity index (χ2v) is 4.12. The van der Waals surface area contributed by atoms with Crippen molar-refractivity contribution in [3.8, 4) is 5.69 Å². The van der Waals surface area contributed by atoms with E-state index in [9.17, 15) is 13.6 Å². The van der Waals surface area contributed by atoms with Crippen LogP contribution in [0.15, 0.2) is 18.5 Å². The number of carbonyl (C=O) groups is 1. The fourth-order valence-electron chi connectivity index (χ4n) is 1.73. The number of aromatic nitrogens is 2. The van der Waals surface area contributed by atoms with Crippen LogP contribution in [-0.2, 0) is 4.74 Å². The molecule has 2 N–H and O–H groups in total. The van der Waals surface area contributed by atoms with Crippen molar-refractivity contribution in [3.05, 3.63) is 41.4 Å². The molecule has 1 aromatic carbocycles. The Hall–Kier alpha value is -2.44. The normalized spacial score (nSPS) is 10.6. The molecule has 0 unspecified atom stereocenters. The molecule has 5 nitrogen and oxygen atoms in total. The van der Waals surface area contributed by atoms with Gasteiger partial charge in [-0.15, -0.1) is 0 Å². The van der Waals surface area contributed by atoms with Crippen molar-refractivity contribution in [2.75, 3.05) is 12.3 Å². The number of esters is 1. The van der Waals surface area contributed by atoms with Crippen LogP contribution in [0.3, 0.4) is 0 Å². The molecule has 0 amide bonds. The lowest BCUT2D eigenvalue weighted by molar-refractivity contribution is 0.0521. The lowest BCUT2D eigenvalue weighted by Crippen LogP contribution is -2.10. The fourth-order valence-corrected chi connectivity index (χ4v) is 1.73. The third-order valence-electron chi connectivity index (χ3n) is 2.76. The summed E-state index contributed by atoms with van der Waals surface area (Å²) in [5.74, 6) is -2.06. The monoisotopic (exact) mass is 281 g/mol. The first-order valence-corrected chi connectivity index (χ1v) is 5.91. The van der Waals surface area contributed by atoms with Crippen LogP contribution in [0.2, 0.25) is 0 Å². The predicted molar refractivity (Wildman–Crippen MR) is 68.6 cm³/mol. The maximum atomic E-state index is 13.9. The Morgan fingerprint density at radius 3 is 2.75 bits per heavy atom. The summed E-state index contributed by atoms with van der Waals surface area (Å²) in [6.07, 6.45) is 1.15. The number of nitrogen functional groups attached to an aromatic ring is 1. The van der Waals surface area contributed by atoms with Crippen LogP contribution < -0.4 is 5.73 Å². The minimum absolute atomic E-state index is 0.106. The second kappa shape index (κ2) is 5.28. The first kappa shape index (κ1) is 14.0. The number of rotatable bonds is 3. The third kappa shape index (κ3) is 2.34. The number of carbonyl (C=O) groups excluding carboxylic acids is 1. The van der Waals surface area contributed by atoms with Crippen LogP contribution in [0.4, 0.5) is 14.6 Å². The quantitative estimate of drug-likeness (QED) is 0.876. The minimum atomic E-state index is -0.711. The van der Waals surface area contributed by atoms with E-state index in [4.69, 9.17) is 10.5 Å². The summed E-state index contributed by atoms with van der Waals surface area (Å²) in [5, 5.41) is 0. The second-order valence-electron chi connectivity index (χ2n) is 4.12. The van der Waals surface area contributed by atoms with E-state index in [-0.39, 0.29) is 29.4 Å². The van der Waals surface area contributed by atoms with E-state index in [0.717, 1.165) is 23.0 Å². The van der Waals surface area contributed by atoms with Gasteiger partial charge in [-0.25, -0.2) is 18.6 Å². The Bertz CT molecular complexity index is 668. The lowest BCUT2D eigenvalue weighted by Gasteiger charge is -2.08. The molecule has 0 atom stereocenters. The van der Waals surface area contributed by atoms with E-state index in [1.54, 1.807) is 6.92 Å². The zero-order valence-electron chi connectivity index (χ0n) is 11.0. The van der Waals surface area contributed by atoms with Crippen molar-refractivity contribution in [1.29, 1.82) is 0 Å². The topological polar surface area (TPSA) is 70.1 Å². The van der Waals surface area contributed by atoms with Crippen LogP contribution in [-0.4, -0.2) is 22.1 Å². The van der Waals surface area contributed by atoms with Crippen molar-refractivity contribution in [2.24, 2.45) is 0 Å². The molecule has 0 aliphatic heterocycles. The Labute approximate surface area is 114 Å². The highest BCUT2D eigenvalue weighted by Gasteiger charge is 2.19. The van der Waals surface area contributed by atoms with Gasteiger partial charge >= 0.3 is 5.97 Å². The van der Waals surface area contributed by atoms with Crippen LogP contribution in [0.5, 0.6) is 0 Å². The zero-order chi connectivity index (χ0) is 14.9. The van der Waals surface area contributed by atoms with Gasteiger partial charge in [-0.2, -0.15) is 0 Å². The number of benzene rings is 1. The van der Waals surface area contributed by atoms with E-state index in [2.05, 4.69) is 4.98 Å². The summed E-state index contributed by atoms with van der Waals surface area (Å²) in [6, 6.07) is 2.05. The van der Waals surface area contributed by atoms with Gasteiger partial charge in [0.2, 0.25) is 0 Å². The summed E-state index contributed by atoms with van der Waals surface area (Å²) < 4.78 is 33.3. The van der Waals surface area contributed by atoms with Crippen LogP contribution in [0.25, 0.3) is 5.69 Å². The number of ether oxygens (including phenoxy) is 1. The summed E-state index contributed by atoms with van der Waals surface area (Å²) in [4.78, 5) is 15.3. The number of halogens is 2. The number of nitrogens with two attached hydrogens (primary N) is 1. The van der Waals surface area contributed by atoms with Crippen molar-refractivity contribution in [1.82, 2.24) is 9.55 Å². The van der Waals surface area contributed by atoms with Crippen molar-refractivity contribution >= 4 is 11.8 Å². The van der Waals surface area contributed by atoms with Crippen molar-refractivity contribution < 1.29 is 18.3 Å². The molecule has 2 rings (SSSR count). The van der Waals surface area contributed by atoms with Gasteiger partial charge in [0.25, 0.3) is 0 Å². The molecule has 0 aliphatic rings. The highest BCUT2D eigenvalue weighted by Crippen LogP contribution is 2.23. The van der Waals surface area contributed by atoms with Crippen LogP contribution in [0, 0.1) is 18.6 Å². The molecule has 106 valence electrons. The van der Waals surface area contributed by atoms with Crippen LogP contribution >= 0.6 is 0 Å². The number of hydrogen-bond donors (Lipinski definition) is 1. The summed E-state index contributed by atoms with van der Waals surface area (Å²) in [5.41, 5.74) is 5.66. The third-order valence-corrected chi connectivity index (χ3v) is 2.76. The van der Waals surface area contributed by atoms with E-state index in [1.807, 2.05) is 0 Å². The van der Waals surface area contributed by atoms with Gasteiger partial charge in [0.05, 0.1) is 12.3 Å². The maximum absolute atomic E-state index is 13.9. The van der Waals surface area contributed by atoms with E-state index in [0.29, 0.717) is 0 Å². The zero-order valence-corrected chi connectivity index (χ0v) is 11.0. The lowest BCUT2D eigenvalue weighted by atomic mass is 10.2. The van der Waals surface area contributed by atoms with Gasteiger partial charge in [-0.1, -0.05) is 0 Å². The molecule has 0 bridgehead atoms.